The first-order valence-electron chi connectivity index (χ1n) is 1.96. The molecule has 3 N–H and O–H groups in total. The maximum Gasteiger partial charge on any atom is 0.296 e. The Hall–Kier alpha value is -0.580. The van der Waals surface area contributed by atoms with Crippen molar-refractivity contribution < 1.29 is 8.78 Å². The molecule has 0 radical (unpaired) electrons. The largest absolute Gasteiger partial charge is 0.370 e. The lowest BCUT2D eigenvalue weighted by molar-refractivity contribution is 0.221. The standard InChI is InChI=1S/C3H7F2N3.ClH/c1-7-3(8-6)2(4)5;/h2H,6H2,1H3,(H,7,8);1H. The van der Waals surface area contributed by atoms with Crippen LogP contribution in [0.25, 0.3) is 0 Å². The van der Waals surface area contributed by atoms with Crippen molar-refractivity contribution in [3.8, 4) is 0 Å². The molecule has 0 aromatic rings. The maximum absolute atomic E-state index is 11.4. The summed E-state index contributed by atoms with van der Waals surface area (Å²) in [4.78, 5) is 0. The van der Waals surface area contributed by atoms with E-state index in [1.807, 2.05) is 0 Å². The average molecular weight is 160 g/mol. The van der Waals surface area contributed by atoms with E-state index in [1.54, 1.807) is 0 Å². The summed E-state index contributed by atoms with van der Waals surface area (Å²) in [5.74, 6) is 4.03. The molecule has 0 bridgehead atoms. The quantitative estimate of drug-likeness (QED) is 0.248. The topological polar surface area (TPSA) is 50.4 Å². The summed E-state index contributed by atoms with van der Waals surface area (Å²) in [6, 6.07) is 0. The first-order valence-corrected chi connectivity index (χ1v) is 1.96. The van der Waals surface area contributed by atoms with Crippen LogP contribution in [0, 0.1) is 0 Å². The molecule has 0 rings (SSSR count). The predicted molar refractivity (Wildman–Crippen MR) is 33.9 cm³/mol. The lowest BCUT2D eigenvalue weighted by atomic mass is 10.6. The number of amidine groups is 1. The van der Waals surface area contributed by atoms with E-state index in [0.717, 1.165) is 0 Å². The minimum Gasteiger partial charge on any atom is -0.370 e. The van der Waals surface area contributed by atoms with Crippen molar-refractivity contribution in [2.45, 2.75) is 6.43 Å². The van der Waals surface area contributed by atoms with Gasteiger partial charge in [0.15, 0.2) is 5.84 Å². The predicted octanol–water partition coefficient (Wildman–Crippen LogP) is 0.165. The average Bonchev–Trinajstić information content (AvgIpc) is 1.69. The van der Waals surface area contributed by atoms with Gasteiger partial charge in [-0.05, 0) is 0 Å². The minimum atomic E-state index is -2.61. The molecule has 0 atom stereocenters. The van der Waals surface area contributed by atoms with Crippen LogP contribution >= 0.6 is 12.4 Å². The fourth-order valence-electron chi connectivity index (χ4n) is 0.230. The molecule has 0 aliphatic heterocycles. The van der Waals surface area contributed by atoms with Gasteiger partial charge < -0.3 is 11.2 Å². The summed E-state index contributed by atoms with van der Waals surface area (Å²) in [5.41, 5.74) is 0. The Kier molecular flexibility index (Phi) is 6.94. The van der Waals surface area contributed by atoms with Gasteiger partial charge in [-0.3, -0.25) is 0 Å². The Morgan fingerprint density at radius 1 is 1.67 bits per heavy atom. The van der Waals surface area contributed by atoms with Crippen molar-refractivity contribution in [3.05, 3.63) is 0 Å². The summed E-state index contributed by atoms with van der Waals surface area (Å²) in [6.45, 7) is 0. The smallest absolute Gasteiger partial charge is 0.296 e. The molecular weight excluding hydrogens is 152 g/mol. The van der Waals surface area contributed by atoms with Crippen LogP contribution in [0.3, 0.4) is 0 Å². The van der Waals surface area contributed by atoms with Gasteiger partial charge >= 0.3 is 0 Å². The van der Waals surface area contributed by atoms with Crippen LogP contribution in [-0.4, -0.2) is 19.3 Å². The fourth-order valence-corrected chi connectivity index (χ4v) is 0.230. The van der Waals surface area contributed by atoms with Gasteiger partial charge in [-0.25, -0.2) is 8.78 Å². The number of hydrogen-bond donors (Lipinski definition) is 2. The zero-order valence-electron chi connectivity index (χ0n) is 4.77. The molecule has 0 amide bonds. The highest BCUT2D eigenvalue weighted by molar-refractivity contribution is 5.85. The first-order chi connectivity index (χ1) is 3.72. The van der Waals surface area contributed by atoms with E-state index in [0.29, 0.717) is 0 Å². The fraction of sp³-hybridized carbons (Fsp3) is 0.667. The maximum atomic E-state index is 11.4. The Balaban J connectivity index is 0. The second-order valence-electron chi connectivity index (χ2n) is 1.07. The van der Waals surface area contributed by atoms with E-state index in [-0.39, 0.29) is 12.4 Å². The first kappa shape index (κ1) is 11.2. The van der Waals surface area contributed by atoms with Crippen LogP contribution in [-0.2, 0) is 0 Å². The molecule has 0 unspecified atom stereocenters. The van der Waals surface area contributed by atoms with Gasteiger partial charge in [0.25, 0.3) is 6.43 Å². The highest BCUT2D eigenvalue weighted by atomic mass is 35.5. The molecule has 0 heterocycles. The Bertz CT molecular complexity index is 95.1. The van der Waals surface area contributed by atoms with Crippen molar-refractivity contribution in [1.82, 2.24) is 5.32 Å². The molecule has 0 aliphatic rings. The number of alkyl halides is 2. The molecule has 0 saturated heterocycles. The van der Waals surface area contributed by atoms with Gasteiger partial charge in [0.05, 0.1) is 0 Å². The molecular formula is C3H8ClF2N3. The summed E-state index contributed by atoms with van der Waals surface area (Å²) >= 11 is 0. The van der Waals surface area contributed by atoms with Crippen molar-refractivity contribution >= 4 is 18.2 Å². The van der Waals surface area contributed by atoms with E-state index in [2.05, 4.69) is 16.3 Å². The molecule has 56 valence electrons. The highest BCUT2D eigenvalue weighted by Crippen LogP contribution is 1.90. The normalized spacial score (nSPS) is 10.9. The number of hydrogen-bond acceptors (Lipinski definition) is 2. The van der Waals surface area contributed by atoms with Crippen LogP contribution in [0.15, 0.2) is 5.10 Å². The number of hydrazone groups is 1. The zero-order valence-corrected chi connectivity index (χ0v) is 5.58. The third kappa shape index (κ3) is 3.96. The minimum absolute atomic E-state index is 0. The monoisotopic (exact) mass is 159 g/mol. The molecule has 0 saturated carbocycles. The number of rotatable bonds is 1. The third-order valence-electron chi connectivity index (χ3n) is 0.602. The van der Waals surface area contributed by atoms with Gasteiger partial charge in [0.1, 0.15) is 0 Å². The third-order valence-corrected chi connectivity index (χ3v) is 0.602. The molecule has 6 heteroatoms. The van der Waals surface area contributed by atoms with E-state index in [4.69, 9.17) is 0 Å². The zero-order chi connectivity index (χ0) is 6.57. The van der Waals surface area contributed by atoms with Gasteiger partial charge in [-0.2, -0.15) is 5.10 Å². The van der Waals surface area contributed by atoms with E-state index >= 15 is 0 Å². The molecule has 0 aliphatic carbocycles. The van der Waals surface area contributed by atoms with E-state index in [1.165, 1.54) is 7.05 Å². The summed E-state index contributed by atoms with van der Waals surface area (Å²) in [6.07, 6.45) is -2.61. The Labute approximate surface area is 57.7 Å². The molecule has 0 spiro atoms. The second kappa shape index (κ2) is 5.55. The summed E-state index contributed by atoms with van der Waals surface area (Å²) < 4.78 is 22.9. The molecule has 0 fully saturated rings. The van der Waals surface area contributed by atoms with Gasteiger partial charge in [0, 0.05) is 7.05 Å². The molecule has 3 nitrogen and oxygen atoms in total. The lowest BCUT2D eigenvalue weighted by Crippen LogP contribution is -2.27. The van der Waals surface area contributed by atoms with Gasteiger partial charge in [-0.15, -0.1) is 12.4 Å². The number of nitrogens with two attached hydrogens (primary N) is 1. The van der Waals surface area contributed by atoms with Crippen LogP contribution in [0.1, 0.15) is 0 Å². The van der Waals surface area contributed by atoms with Gasteiger partial charge in [0.2, 0.25) is 0 Å². The van der Waals surface area contributed by atoms with Crippen molar-refractivity contribution in [2.75, 3.05) is 7.05 Å². The highest BCUT2D eigenvalue weighted by Gasteiger charge is 2.08. The van der Waals surface area contributed by atoms with Crippen molar-refractivity contribution in [2.24, 2.45) is 10.9 Å². The second-order valence-corrected chi connectivity index (χ2v) is 1.07. The Morgan fingerprint density at radius 3 is 2.11 bits per heavy atom. The lowest BCUT2D eigenvalue weighted by Gasteiger charge is -1.98. The summed E-state index contributed by atoms with van der Waals surface area (Å²) in [7, 11) is 1.33. The van der Waals surface area contributed by atoms with Gasteiger partial charge in [-0.1, -0.05) is 0 Å². The number of nitrogens with zero attached hydrogens (tertiary/aromatic N) is 1. The van der Waals surface area contributed by atoms with Crippen molar-refractivity contribution in [1.29, 1.82) is 0 Å². The van der Waals surface area contributed by atoms with Crippen LogP contribution in [0.2, 0.25) is 0 Å². The summed E-state index contributed by atoms with van der Waals surface area (Å²) in [5, 5.41) is 4.89. The van der Waals surface area contributed by atoms with Crippen LogP contribution in [0.4, 0.5) is 8.78 Å². The van der Waals surface area contributed by atoms with Crippen LogP contribution in [0.5, 0.6) is 0 Å². The SMILES string of the molecule is CN/C(=N\N)C(F)F.Cl. The number of nitrogens with one attached hydrogen (secondary N) is 1. The molecule has 0 aromatic heterocycles. The Morgan fingerprint density at radius 2 is 2.11 bits per heavy atom. The van der Waals surface area contributed by atoms with Crippen molar-refractivity contribution in [3.63, 3.8) is 0 Å². The molecule has 9 heavy (non-hydrogen) atoms. The van der Waals surface area contributed by atoms with Crippen LogP contribution < -0.4 is 11.2 Å². The van der Waals surface area contributed by atoms with E-state index < -0.39 is 12.3 Å². The molecule has 0 aromatic carbocycles. The number of halogens is 3. The van der Waals surface area contributed by atoms with E-state index in [9.17, 15) is 8.78 Å².